The maximum absolute atomic E-state index is 13.0. The Bertz CT molecular complexity index is 1600. The van der Waals surface area contributed by atoms with Gasteiger partial charge in [0, 0.05) is 48.4 Å². The molecular weight excluding hydrogens is 556 g/mol. The number of aromatic amines is 1. The minimum atomic E-state index is -0.588. The summed E-state index contributed by atoms with van der Waals surface area (Å²) in [6.07, 6.45) is 3.95. The first-order chi connectivity index (χ1) is 21.1. The second-order valence-electron chi connectivity index (χ2n) is 12.3. The number of fused-ring (bicyclic) bond motifs is 1. The summed E-state index contributed by atoms with van der Waals surface area (Å²) in [5.41, 5.74) is 4.81. The fourth-order valence-corrected chi connectivity index (χ4v) is 5.89. The fourth-order valence-electron chi connectivity index (χ4n) is 5.89. The number of ether oxygens (including phenoxy) is 4. The summed E-state index contributed by atoms with van der Waals surface area (Å²) in [5, 5.41) is 1.17. The molecular formula is C36H42N2O6. The molecule has 1 fully saturated rings. The van der Waals surface area contributed by atoms with Crippen molar-refractivity contribution in [3.8, 4) is 11.5 Å². The van der Waals surface area contributed by atoms with E-state index in [4.69, 9.17) is 18.9 Å². The number of rotatable bonds is 9. The number of piperidine rings is 1. The predicted molar refractivity (Wildman–Crippen MR) is 170 cm³/mol. The molecule has 8 nitrogen and oxygen atoms in total. The van der Waals surface area contributed by atoms with Gasteiger partial charge in [-0.2, -0.15) is 0 Å². The van der Waals surface area contributed by atoms with Crippen LogP contribution in [0.5, 0.6) is 11.5 Å². The van der Waals surface area contributed by atoms with Gasteiger partial charge >= 0.3 is 11.9 Å². The molecule has 4 aromatic rings. The highest BCUT2D eigenvalue weighted by Gasteiger charge is 2.31. The van der Waals surface area contributed by atoms with Crippen molar-refractivity contribution < 1.29 is 28.5 Å². The molecule has 0 saturated carbocycles. The summed E-state index contributed by atoms with van der Waals surface area (Å²) < 4.78 is 22.9. The number of hydrogen-bond acceptors (Lipinski definition) is 7. The van der Waals surface area contributed by atoms with E-state index in [0.717, 1.165) is 53.9 Å². The lowest BCUT2D eigenvalue weighted by Crippen LogP contribution is -2.39. The number of esters is 2. The molecule has 232 valence electrons. The summed E-state index contributed by atoms with van der Waals surface area (Å²) in [4.78, 5) is 31.1. The lowest BCUT2D eigenvalue weighted by Gasteiger charge is -2.40. The third-order valence-electron chi connectivity index (χ3n) is 7.99. The molecule has 5 rings (SSSR count). The highest BCUT2D eigenvalue weighted by Crippen LogP contribution is 2.38. The van der Waals surface area contributed by atoms with E-state index >= 15 is 0 Å². The Labute approximate surface area is 259 Å². The fraction of sp³-hybridized carbons (Fsp3) is 0.389. The average molecular weight is 599 g/mol. The van der Waals surface area contributed by atoms with Gasteiger partial charge in [0.15, 0.2) is 0 Å². The van der Waals surface area contributed by atoms with Crippen LogP contribution < -0.4 is 9.47 Å². The number of H-pyrrole nitrogens is 1. The van der Waals surface area contributed by atoms with E-state index in [-0.39, 0.29) is 12.1 Å². The van der Waals surface area contributed by atoms with Gasteiger partial charge in [0.25, 0.3) is 0 Å². The summed E-state index contributed by atoms with van der Waals surface area (Å²) in [6, 6.07) is 18.3. The Morgan fingerprint density at radius 2 is 1.66 bits per heavy atom. The van der Waals surface area contributed by atoms with E-state index in [1.807, 2.05) is 58.2 Å². The van der Waals surface area contributed by atoms with Gasteiger partial charge in [-0.05, 0) is 107 Å². The van der Waals surface area contributed by atoms with Crippen molar-refractivity contribution in [2.75, 3.05) is 20.3 Å². The van der Waals surface area contributed by atoms with Crippen LogP contribution in [0.4, 0.5) is 0 Å². The van der Waals surface area contributed by atoms with Crippen LogP contribution in [0.2, 0.25) is 0 Å². The minimum absolute atomic E-state index is 0.103. The zero-order chi connectivity index (χ0) is 31.4. The first-order valence-corrected chi connectivity index (χ1v) is 15.2. The zero-order valence-corrected chi connectivity index (χ0v) is 26.4. The molecule has 1 aliphatic heterocycles. The first-order valence-electron chi connectivity index (χ1n) is 15.2. The monoisotopic (exact) mass is 598 g/mol. The van der Waals surface area contributed by atoms with Gasteiger partial charge < -0.3 is 23.9 Å². The molecule has 1 aromatic heterocycles. The van der Waals surface area contributed by atoms with Crippen molar-refractivity contribution in [3.05, 3.63) is 94.7 Å². The largest absolute Gasteiger partial charge is 0.496 e. The van der Waals surface area contributed by atoms with Crippen molar-refractivity contribution in [3.63, 3.8) is 0 Å². The summed E-state index contributed by atoms with van der Waals surface area (Å²) in [7, 11) is 1.72. The number of hydrogen-bond donors (Lipinski definition) is 1. The Hall–Kier alpha value is -4.14. The van der Waals surface area contributed by atoms with Gasteiger partial charge in [-0.3, -0.25) is 4.90 Å². The number of aryl methyl sites for hydroxylation is 1. The maximum atomic E-state index is 13.0. The number of nitrogens with zero attached hydrogens (tertiary/aromatic N) is 1. The number of likely N-dealkylation sites (tertiary alicyclic amines) is 1. The average Bonchev–Trinajstić information content (AvgIpc) is 3.50. The second kappa shape index (κ2) is 13.2. The molecule has 1 N–H and O–H groups in total. The van der Waals surface area contributed by atoms with Crippen molar-refractivity contribution in [2.45, 2.75) is 71.8 Å². The number of nitrogens with one attached hydrogen (secondary N) is 1. The number of carbonyl (C=O) groups is 2. The van der Waals surface area contributed by atoms with Gasteiger partial charge in [0.05, 0.1) is 24.3 Å². The molecule has 0 spiro atoms. The van der Waals surface area contributed by atoms with Gasteiger partial charge in [0.1, 0.15) is 17.1 Å². The molecule has 8 heteroatoms. The van der Waals surface area contributed by atoms with Gasteiger partial charge in [-0.1, -0.05) is 12.1 Å². The summed E-state index contributed by atoms with van der Waals surface area (Å²) in [6.45, 7) is 11.9. The van der Waals surface area contributed by atoms with Gasteiger partial charge in [0.2, 0.25) is 0 Å². The third kappa shape index (κ3) is 7.14. The van der Waals surface area contributed by atoms with Crippen LogP contribution in [0.1, 0.15) is 84.0 Å². The summed E-state index contributed by atoms with van der Waals surface area (Å²) >= 11 is 0. The molecule has 1 saturated heterocycles. The zero-order valence-electron chi connectivity index (χ0n) is 26.4. The molecule has 1 aliphatic rings. The van der Waals surface area contributed by atoms with E-state index in [9.17, 15) is 9.59 Å². The Kier molecular flexibility index (Phi) is 9.42. The number of carbonyl (C=O) groups excluding carboxylic acids is 2. The van der Waals surface area contributed by atoms with Crippen molar-refractivity contribution in [1.82, 2.24) is 9.88 Å². The minimum Gasteiger partial charge on any atom is -0.496 e. The van der Waals surface area contributed by atoms with Gasteiger partial charge in [-0.15, -0.1) is 0 Å². The molecule has 44 heavy (non-hydrogen) atoms. The van der Waals surface area contributed by atoms with Crippen LogP contribution in [-0.2, 0) is 16.0 Å². The van der Waals surface area contributed by atoms with Crippen LogP contribution >= 0.6 is 0 Å². The molecule has 2 atom stereocenters. The Balaban J connectivity index is 1.32. The Morgan fingerprint density at radius 1 is 0.977 bits per heavy atom. The lowest BCUT2D eigenvalue weighted by molar-refractivity contribution is -0.0138. The normalized spacial score (nSPS) is 17.4. The molecule has 0 unspecified atom stereocenters. The number of aromatic nitrogens is 1. The van der Waals surface area contributed by atoms with Gasteiger partial charge in [-0.25, -0.2) is 9.59 Å². The van der Waals surface area contributed by atoms with Crippen LogP contribution in [-0.4, -0.2) is 53.8 Å². The molecule has 3 aromatic carbocycles. The van der Waals surface area contributed by atoms with E-state index in [0.29, 0.717) is 23.5 Å². The van der Waals surface area contributed by atoms with Crippen LogP contribution in [0.3, 0.4) is 0 Å². The topological polar surface area (TPSA) is 90.1 Å². The first kappa shape index (κ1) is 31.3. The molecule has 0 amide bonds. The van der Waals surface area contributed by atoms with Crippen LogP contribution in [0, 0.1) is 6.92 Å². The van der Waals surface area contributed by atoms with E-state index < -0.39 is 17.5 Å². The maximum Gasteiger partial charge on any atom is 0.343 e. The standard InChI is InChI=1S/C36H42N2O6/c1-7-42-28-17-19-38(22-30-29-16-18-37-33(29)23(2)20-32(30)41-6)31(21-28)24-8-10-25(11-9-24)34(39)43-27-14-12-26(13-15-27)35(40)44-36(3,4)5/h8-16,18,20,28,31,37H,7,17,19,21-22H2,1-6H3/t28-,31-/m0/s1. The highest BCUT2D eigenvalue weighted by molar-refractivity contribution is 5.92. The smallest absolute Gasteiger partial charge is 0.343 e. The molecule has 2 heterocycles. The van der Waals surface area contributed by atoms with Crippen LogP contribution in [0.25, 0.3) is 10.9 Å². The van der Waals surface area contributed by atoms with Crippen molar-refractivity contribution in [2.24, 2.45) is 0 Å². The quantitative estimate of drug-likeness (QED) is 0.159. The van der Waals surface area contributed by atoms with E-state index in [2.05, 4.69) is 28.9 Å². The SMILES string of the molecule is CCO[C@H]1CCN(Cc2c(OC)cc(C)c3[nH]ccc23)[C@H](c2ccc(C(=O)Oc3ccc(C(=O)OC(C)(C)C)cc3)cc2)C1. The highest BCUT2D eigenvalue weighted by atomic mass is 16.6. The second-order valence-corrected chi connectivity index (χ2v) is 12.3. The molecule has 0 radical (unpaired) electrons. The van der Waals surface area contributed by atoms with E-state index in [1.165, 1.54) is 5.39 Å². The third-order valence-corrected chi connectivity index (χ3v) is 7.99. The number of methoxy groups -OCH3 is 1. The lowest BCUT2D eigenvalue weighted by atomic mass is 9.91. The summed E-state index contributed by atoms with van der Waals surface area (Å²) in [5.74, 6) is 0.353. The Morgan fingerprint density at radius 3 is 2.32 bits per heavy atom. The predicted octanol–water partition coefficient (Wildman–Crippen LogP) is 7.40. The number of benzene rings is 3. The van der Waals surface area contributed by atoms with Crippen molar-refractivity contribution >= 4 is 22.8 Å². The molecule has 0 bridgehead atoms. The molecule has 0 aliphatic carbocycles. The van der Waals surface area contributed by atoms with Crippen molar-refractivity contribution in [1.29, 1.82) is 0 Å². The van der Waals surface area contributed by atoms with Crippen LogP contribution in [0.15, 0.2) is 66.9 Å². The van der Waals surface area contributed by atoms with E-state index in [1.54, 1.807) is 31.4 Å².